The zero-order valence-electron chi connectivity index (χ0n) is 19.8. The fourth-order valence-corrected chi connectivity index (χ4v) is 4.40. The van der Waals surface area contributed by atoms with Crippen molar-refractivity contribution in [2.24, 2.45) is 11.8 Å². The van der Waals surface area contributed by atoms with Gasteiger partial charge < -0.3 is 19.3 Å². The van der Waals surface area contributed by atoms with E-state index in [-0.39, 0.29) is 23.7 Å². The quantitative estimate of drug-likeness (QED) is 0.638. The van der Waals surface area contributed by atoms with Gasteiger partial charge in [0, 0.05) is 44.1 Å². The Morgan fingerprint density at radius 1 is 0.906 bits per heavy atom. The maximum atomic E-state index is 12.8. The van der Waals surface area contributed by atoms with E-state index < -0.39 is 5.60 Å². The van der Waals surface area contributed by atoms with E-state index in [0.717, 1.165) is 18.6 Å². The third-order valence-corrected chi connectivity index (χ3v) is 6.32. The van der Waals surface area contributed by atoms with Gasteiger partial charge in [-0.2, -0.15) is 0 Å². The number of carbonyl (C=O) groups excluding carboxylic acids is 3. The fraction of sp³-hybridized carbons (Fsp3) is 0.640. The standard InChI is InChI=1S/C25H36N2O5/c1-25(2,3)32-24(30)27-13-9-18(10-14-27)17-22(28)26-15-11-20(12-16-26)23(29)19-5-7-21(31-4)8-6-19/h5-8,18,20H,9-17H2,1-4H3. The highest BCUT2D eigenvalue weighted by Gasteiger charge is 2.31. The molecule has 7 nitrogen and oxygen atoms in total. The molecule has 2 heterocycles. The molecule has 1 aromatic carbocycles. The minimum atomic E-state index is -0.495. The molecule has 0 spiro atoms. The lowest BCUT2D eigenvalue weighted by Gasteiger charge is -2.35. The minimum Gasteiger partial charge on any atom is -0.497 e. The molecule has 1 aromatic rings. The first-order chi connectivity index (χ1) is 15.2. The summed E-state index contributed by atoms with van der Waals surface area (Å²) in [6.45, 7) is 8.11. The van der Waals surface area contributed by atoms with Gasteiger partial charge in [0.25, 0.3) is 0 Å². The molecule has 0 N–H and O–H groups in total. The van der Waals surface area contributed by atoms with Crippen LogP contribution in [0.2, 0.25) is 0 Å². The Bertz CT molecular complexity index is 799. The van der Waals surface area contributed by atoms with Crippen LogP contribution in [0.25, 0.3) is 0 Å². The third-order valence-electron chi connectivity index (χ3n) is 6.32. The molecule has 0 atom stereocenters. The van der Waals surface area contributed by atoms with Gasteiger partial charge in [-0.05, 0) is 76.6 Å². The zero-order chi connectivity index (χ0) is 23.3. The average molecular weight is 445 g/mol. The lowest BCUT2D eigenvalue weighted by molar-refractivity contribution is -0.133. The number of ketones is 1. The van der Waals surface area contributed by atoms with Crippen LogP contribution in [0, 0.1) is 11.8 Å². The molecule has 2 fully saturated rings. The van der Waals surface area contributed by atoms with Crippen molar-refractivity contribution >= 4 is 17.8 Å². The van der Waals surface area contributed by atoms with E-state index in [2.05, 4.69) is 0 Å². The summed E-state index contributed by atoms with van der Waals surface area (Å²) >= 11 is 0. The Hall–Kier alpha value is -2.57. The van der Waals surface area contributed by atoms with E-state index in [1.807, 2.05) is 37.8 Å². The lowest BCUT2D eigenvalue weighted by Crippen LogP contribution is -2.44. The van der Waals surface area contributed by atoms with Crippen molar-refractivity contribution in [2.45, 2.75) is 58.5 Å². The predicted molar refractivity (Wildman–Crippen MR) is 122 cm³/mol. The normalized spacial score (nSPS) is 18.4. The molecule has 0 radical (unpaired) electrons. The van der Waals surface area contributed by atoms with Crippen molar-refractivity contribution in [1.82, 2.24) is 9.80 Å². The molecule has 0 bridgehead atoms. The molecule has 176 valence electrons. The fourth-order valence-electron chi connectivity index (χ4n) is 4.40. The van der Waals surface area contributed by atoms with E-state index in [9.17, 15) is 14.4 Å². The summed E-state index contributed by atoms with van der Waals surface area (Å²) in [5, 5.41) is 0. The zero-order valence-corrected chi connectivity index (χ0v) is 19.8. The molecule has 0 aliphatic carbocycles. The Balaban J connectivity index is 1.41. The molecule has 0 aromatic heterocycles. The molecule has 2 amide bonds. The molecule has 2 aliphatic heterocycles. The first kappa shape index (κ1) is 24.1. The van der Waals surface area contributed by atoms with Crippen LogP contribution in [0.5, 0.6) is 5.75 Å². The maximum absolute atomic E-state index is 12.8. The van der Waals surface area contributed by atoms with Gasteiger partial charge in [0.2, 0.25) is 5.91 Å². The lowest BCUT2D eigenvalue weighted by atomic mass is 9.88. The number of Topliss-reactive ketones (excluding diaryl/α,β-unsaturated/α-hetero) is 1. The molecular weight excluding hydrogens is 408 g/mol. The number of piperidine rings is 2. The monoisotopic (exact) mass is 444 g/mol. The van der Waals surface area contributed by atoms with Crippen LogP contribution in [0.4, 0.5) is 4.79 Å². The van der Waals surface area contributed by atoms with Crippen LogP contribution in [0.3, 0.4) is 0 Å². The van der Waals surface area contributed by atoms with E-state index in [1.54, 1.807) is 24.1 Å². The van der Waals surface area contributed by atoms with Crippen LogP contribution in [-0.2, 0) is 9.53 Å². The molecule has 2 aliphatic rings. The number of ether oxygens (including phenoxy) is 2. The second-order valence-electron chi connectivity index (χ2n) is 9.86. The van der Waals surface area contributed by atoms with Gasteiger partial charge in [0.05, 0.1) is 7.11 Å². The second-order valence-corrected chi connectivity index (χ2v) is 9.86. The first-order valence-corrected chi connectivity index (χ1v) is 11.6. The van der Waals surface area contributed by atoms with Crippen LogP contribution in [0.1, 0.15) is 63.2 Å². The molecule has 2 saturated heterocycles. The number of likely N-dealkylation sites (tertiary alicyclic amines) is 2. The van der Waals surface area contributed by atoms with Gasteiger partial charge in [-0.25, -0.2) is 4.79 Å². The van der Waals surface area contributed by atoms with Gasteiger partial charge in [-0.1, -0.05) is 0 Å². The number of methoxy groups -OCH3 is 1. The summed E-state index contributed by atoms with van der Waals surface area (Å²) in [5.41, 5.74) is 0.206. The average Bonchev–Trinajstić information content (AvgIpc) is 2.78. The number of benzene rings is 1. The number of rotatable bonds is 5. The van der Waals surface area contributed by atoms with E-state index in [0.29, 0.717) is 56.9 Å². The number of amides is 2. The minimum absolute atomic E-state index is 0.0375. The van der Waals surface area contributed by atoms with Crippen LogP contribution in [-0.4, -0.2) is 66.5 Å². The van der Waals surface area contributed by atoms with Crippen molar-refractivity contribution in [3.8, 4) is 5.75 Å². The number of carbonyl (C=O) groups is 3. The number of nitrogens with zero attached hydrogens (tertiary/aromatic N) is 2. The van der Waals surface area contributed by atoms with Gasteiger partial charge in [0.15, 0.2) is 5.78 Å². The summed E-state index contributed by atoms with van der Waals surface area (Å²) in [7, 11) is 1.61. The van der Waals surface area contributed by atoms with Gasteiger partial charge in [-0.3, -0.25) is 9.59 Å². The highest BCUT2D eigenvalue weighted by Crippen LogP contribution is 2.26. The van der Waals surface area contributed by atoms with Crippen LogP contribution >= 0.6 is 0 Å². The predicted octanol–water partition coefficient (Wildman–Crippen LogP) is 4.15. The van der Waals surface area contributed by atoms with E-state index in [4.69, 9.17) is 9.47 Å². The van der Waals surface area contributed by atoms with E-state index in [1.165, 1.54) is 0 Å². The maximum Gasteiger partial charge on any atom is 0.410 e. The molecule has 0 saturated carbocycles. The highest BCUT2D eigenvalue weighted by atomic mass is 16.6. The third kappa shape index (κ3) is 6.47. The highest BCUT2D eigenvalue weighted by molar-refractivity contribution is 5.98. The molecule has 3 rings (SSSR count). The van der Waals surface area contributed by atoms with Gasteiger partial charge >= 0.3 is 6.09 Å². The van der Waals surface area contributed by atoms with Gasteiger partial charge in [-0.15, -0.1) is 0 Å². The Kier molecular flexibility index (Phi) is 7.80. The molecule has 0 unspecified atom stereocenters. The summed E-state index contributed by atoms with van der Waals surface area (Å²) in [6.07, 6.45) is 3.28. The smallest absolute Gasteiger partial charge is 0.410 e. The van der Waals surface area contributed by atoms with Crippen LogP contribution in [0.15, 0.2) is 24.3 Å². The SMILES string of the molecule is COc1ccc(C(=O)C2CCN(C(=O)CC3CCN(C(=O)OC(C)(C)C)CC3)CC2)cc1. The number of hydrogen-bond acceptors (Lipinski definition) is 5. The van der Waals surface area contributed by atoms with Crippen molar-refractivity contribution in [1.29, 1.82) is 0 Å². The van der Waals surface area contributed by atoms with Crippen LogP contribution < -0.4 is 4.74 Å². The largest absolute Gasteiger partial charge is 0.497 e. The topological polar surface area (TPSA) is 76.2 Å². The number of hydrogen-bond donors (Lipinski definition) is 0. The summed E-state index contributed by atoms with van der Waals surface area (Å²) in [5.74, 6) is 1.30. The molecule has 7 heteroatoms. The second kappa shape index (κ2) is 10.4. The summed E-state index contributed by atoms with van der Waals surface area (Å²) < 4.78 is 10.6. The Labute approximate surface area is 191 Å². The molecule has 32 heavy (non-hydrogen) atoms. The first-order valence-electron chi connectivity index (χ1n) is 11.6. The summed E-state index contributed by atoms with van der Waals surface area (Å²) in [6, 6.07) is 7.23. The van der Waals surface area contributed by atoms with Crippen molar-refractivity contribution in [3.05, 3.63) is 29.8 Å². The van der Waals surface area contributed by atoms with Gasteiger partial charge in [0.1, 0.15) is 11.4 Å². The molecular formula is C25H36N2O5. The Morgan fingerprint density at radius 3 is 2.00 bits per heavy atom. The van der Waals surface area contributed by atoms with Crippen molar-refractivity contribution in [3.63, 3.8) is 0 Å². The summed E-state index contributed by atoms with van der Waals surface area (Å²) in [4.78, 5) is 41.4. The Morgan fingerprint density at radius 2 is 1.47 bits per heavy atom. The van der Waals surface area contributed by atoms with Crippen molar-refractivity contribution in [2.75, 3.05) is 33.3 Å². The van der Waals surface area contributed by atoms with E-state index >= 15 is 0 Å². The van der Waals surface area contributed by atoms with Crippen molar-refractivity contribution < 1.29 is 23.9 Å².